The maximum absolute atomic E-state index is 14.9. The van der Waals surface area contributed by atoms with Crippen LogP contribution in [0.1, 0.15) is 80.9 Å². The first-order valence-corrected chi connectivity index (χ1v) is 13.3. The highest BCUT2D eigenvalue weighted by molar-refractivity contribution is 5.71. The van der Waals surface area contributed by atoms with Crippen LogP contribution in [0, 0.1) is 11.7 Å². The summed E-state index contributed by atoms with van der Waals surface area (Å²) in [5.41, 5.74) is 4.66. The topological polar surface area (TPSA) is 55.8 Å². The molecule has 1 N–H and O–H groups in total. The number of benzene rings is 3. The van der Waals surface area contributed by atoms with Crippen LogP contribution in [0.4, 0.5) is 4.39 Å². The Labute approximate surface area is 219 Å². The Balaban J connectivity index is 1.60. The van der Waals surface area contributed by atoms with Crippen molar-refractivity contribution < 1.29 is 23.8 Å². The Morgan fingerprint density at radius 2 is 1.89 bits per heavy atom. The minimum absolute atomic E-state index is 0.0291. The molecule has 4 rings (SSSR count). The van der Waals surface area contributed by atoms with Crippen molar-refractivity contribution in [1.29, 1.82) is 0 Å². The van der Waals surface area contributed by atoms with Crippen molar-refractivity contribution in [1.82, 2.24) is 0 Å². The summed E-state index contributed by atoms with van der Waals surface area (Å²) < 4.78 is 26.5. The Hall–Kier alpha value is -3.34. The maximum atomic E-state index is 14.9. The van der Waals surface area contributed by atoms with Gasteiger partial charge in [0.1, 0.15) is 23.9 Å². The van der Waals surface area contributed by atoms with Crippen LogP contribution in [0.25, 0.3) is 11.1 Å². The summed E-state index contributed by atoms with van der Waals surface area (Å²) in [7, 11) is 1.60. The molecule has 0 heterocycles. The molecule has 3 atom stereocenters. The fraction of sp³-hybridized carbons (Fsp3) is 0.406. The summed E-state index contributed by atoms with van der Waals surface area (Å²) in [4.78, 5) is 11.3. The molecule has 0 bridgehead atoms. The lowest BCUT2D eigenvalue weighted by Gasteiger charge is -2.22. The molecule has 0 amide bonds. The number of carboxylic acid groups (broad SMARTS) is 1. The Kier molecular flexibility index (Phi) is 8.86. The molecular formula is C32H37FO4. The molecule has 1 aliphatic carbocycles. The molecule has 5 heteroatoms. The molecule has 0 spiro atoms. The lowest BCUT2D eigenvalue weighted by atomic mass is 9.84. The molecule has 1 fully saturated rings. The zero-order valence-corrected chi connectivity index (χ0v) is 22.0. The van der Waals surface area contributed by atoms with E-state index in [9.17, 15) is 14.3 Å². The molecule has 0 radical (unpaired) electrons. The van der Waals surface area contributed by atoms with Crippen LogP contribution in [0.15, 0.2) is 60.7 Å². The highest BCUT2D eigenvalue weighted by Gasteiger charge is 2.28. The molecule has 0 aliphatic heterocycles. The Morgan fingerprint density at radius 1 is 1.05 bits per heavy atom. The van der Waals surface area contributed by atoms with Crippen molar-refractivity contribution in [2.45, 2.75) is 70.8 Å². The minimum Gasteiger partial charge on any atom is -0.497 e. The van der Waals surface area contributed by atoms with E-state index in [0.29, 0.717) is 29.8 Å². The predicted molar refractivity (Wildman–Crippen MR) is 145 cm³/mol. The summed E-state index contributed by atoms with van der Waals surface area (Å²) >= 11 is 0. The smallest absolute Gasteiger partial charge is 0.303 e. The van der Waals surface area contributed by atoms with Gasteiger partial charge in [0.15, 0.2) is 0 Å². The molecular weight excluding hydrogens is 467 g/mol. The largest absolute Gasteiger partial charge is 0.497 e. The van der Waals surface area contributed by atoms with E-state index in [1.165, 1.54) is 18.9 Å². The summed E-state index contributed by atoms with van der Waals surface area (Å²) in [5, 5.41) is 9.32. The lowest BCUT2D eigenvalue weighted by molar-refractivity contribution is -0.137. The second-order valence-corrected chi connectivity index (χ2v) is 10.2. The molecule has 1 saturated carbocycles. The van der Waals surface area contributed by atoms with Gasteiger partial charge in [-0.15, -0.1) is 0 Å². The van der Waals surface area contributed by atoms with Crippen LogP contribution in [0.2, 0.25) is 0 Å². The van der Waals surface area contributed by atoms with E-state index in [4.69, 9.17) is 9.47 Å². The van der Waals surface area contributed by atoms with Gasteiger partial charge in [0.2, 0.25) is 0 Å². The van der Waals surface area contributed by atoms with Gasteiger partial charge >= 0.3 is 5.97 Å². The number of carboxylic acids is 1. The fourth-order valence-electron chi connectivity index (χ4n) is 5.67. The number of aliphatic carboxylic acids is 1. The highest BCUT2D eigenvalue weighted by atomic mass is 19.1. The van der Waals surface area contributed by atoms with Crippen LogP contribution in [0.5, 0.6) is 11.5 Å². The monoisotopic (exact) mass is 504 g/mol. The molecule has 0 saturated heterocycles. The number of hydrogen-bond donors (Lipinski definition) is 1. The molecule has 3 aromatic carbocycles. The predicted octanol–water partition coefficient (Wildman–Crippen LogP) is 8.34. The van der Waals surface area contributed by atoms with E-state index in [-0.39, 0.29) is 18.2 Å². The number of carbonyl (C=O) groups is 1. The first kappa shape index (κ1) is 26.7. The molecule has 4 nitrogen and oxygen atoms in total. The summed E-state index contributed by atoms with van der Waals surface area (Å²) in [5.74, 6) is 1.20. The Morgan fingerprint density at radius 3 is 2.59 bits per heavy atom. The van der Waals surface area contributed by atoms with Crippen molar-refractivity contribution in [3.8, 4) is 22.6 Å². The standard InChI is InChI=1S/C32H37FO4/c1-4-7-23(18-32(34)35)24-9-6-10-26(17-24)37-20-22-12-14-28(29(16-22)27-11-5-8-21(27)2)30-19-25(36-3)13-15-31(30)33/h6,9-10,12-17,19,21,23,27H,4-5,7-8,11,18,20H2,1-3H3,(H,34,35)/t21-,23-,27-/m0/s1. The fourth-order valence-corrected chi connectivity index (χ4v) is 5.67. The second kappa shape index (κ2) is 12.3. The van der Waals surface area contributed by atoms with Gasteiger partial charge in [0.05, 0.1) is 13.5 Å². The van der Waals surface area contributed by atoms with Gasteiger partial charge in [-0.3, -0.25) is 4.79 Å². The quantitative estimate of drug-likeness (QED) is 0.285. The number of hydrogen-bond acceptors (Lipinski definition) is 3. The van der Waals surface area contributed by atoms with Crippen LogP contribution >= 0.6 is 0 Å². The third kappa shape index (κ3) is 6.51. The molecule has 0 unspecified atom stereocenters. The number of halogens is 1. The second-order valence-electron chi connectivity index (χ2n) is 10.2. The van der Waals surface area contributed by atoms with E-state index >= 15 is 0 Å². The first-order chi connectivity index (χ1) is 17.9. The summed E-state index contributed by atoms with van der Waals surface area (Å²) in [6, 6.07) is 18.9. The van der Waals surface area contributed by atoms with Crippen molar-refractivity contribution >= 4 is 5.97 Å². The van der Waals surface area contributed by atoms with Gasteiger partial charge < -0.3 is 14.6 Å². The average molecular weight is 505 g/mol. The molecule has 3 aromatic rings. The van der Waals surface area contributed by atoms with Crippen LogP contribution < -0.4 is 9.47 Å². The SMILES string of the molecule is CCC[C@@H](CC(=O)O)c1cccc(OCc2ccc(-c3cc(OC)ccc3F)c([C@H]3CCC[C@@H]3C)c2)c1. The van der Waals surface area contributed by atoms with Gasteiger partial charge in [-0.05, 0) is 83.2 Å². The zero-order chi connectivity index (χ0) is 26.4. The molecule has 196 valence electrons. The number of rotatable bonds is 11. The average Bonchev–Trinajstić information content (AvgIpc) is 3.33. The number of methoxy groups -OCH3 is 1. The zero-order valence-electron chi connectivity index (χ0n) is 22.0. The minimum atomic E-state index is -0.786. The lowest BCUT2D eigenvalue weighted by Crippen LogP contribution is -2.07. The summed E-state index contributed by atoms with van der Waals surface area (Å²) in [6.45, 7) is 4.73. The van der Waals surface area contributed by atoms with Crippen LogP contribution in [-0.2, 0) is 11.4 Å². The van der Waals surface area contributed by atoms with Gasteiger partial charge in [-0.2, -0.15) is 0 Å². The maximum Gasteiger partial charge on any atom is 0.303 e. The van der Waals surface area contributed by atoms with Crippen molar-refractivity contribution in [3.63, 3.8) is 0 Å². The van der Waals surface area contributed by atoms with Crippen molar-refractivity contribution in [2.75, 3.05) is 7.11 Å². The first-order valence-electron chi connectivity index (χ1n) is 13.3. The van der Waals surface area contributed by atoms with Crippen molar-refractivity contribution in [3.05, 3.63) is 83.2 Å². The molecule has 37 heavy (non-hydrogen) atoms. The Bertz CT molecular complexity index is 1220. The van der Waals surface area contributed by atoms with E-state index in [0.717, 1.165) is 47.3 Å². The molecule has 1 aliphatic rings. The van der Waals surface area contributed by atoms with Gasteiger partial charge in [0, 0.05) is 5.56 Å². The third-order valence-electron chi connectivity index (χ3n) is 7.63. The number of ether oxygens (including phenoxy) is 2. The van der Waals surface area contributed by atoms with E-state index in [1.54, 1.807) is 19.2 Å². The van der Waals surface area contributed by atoms with E-state index in [2.05, 4.69) is 19.9 Å². The van der Waals surface area contributed by atoms with Crippen molar-refractivity contribution in [2.24, 2.45) is 5.92 Å². The third-order valence-corrected chi connectivity index (χ3v) is 7.63. The van der Waals surface area contributed by atoms with E-state index < -0.39 is 5.97 Å². The normalized spacial score (nSPS) is 17.9. The highest BCUT2D eigenvalue weighted by Crippen LogP contribution is 2.44. The van der Waals surface area contributed by atoms with Crippen LogP contribution in [-0.4, -0.2) is 18.2 Å². The van der Waals surface area contributed by atoms with Gasteiger partial charge in [-0.1, -0.05) is 63.4 Å². The molecule has 0 aromatic heterocycles. The van der Waals surface area contributed by atoms with E-state index in [1.807, 2.05) is 36.4 Å². The van der Waals surface area contributed by atoms with Gasteiger partial charge in [0.25, 0.3) is 0 Å². The van der Waals surface area contributed by atoms with Gasteiger partial charge in [-0.25, -0.2) is 4.39 Å². The van der Waals surface area contributed by atoms with Crippen LogP contribution in [0.3, 0.4) is 0 Å². The summed E-state index contributed by atoms with van der Waals surface area (Å²) in [6.07, 6.45) is 5.30.